The van der Waals surface area contributed by atoms with Crippen molar-refractivity contribution >= 4 is 21.9 Å². The molecule has 0 amide bonds. The molecule has 0 bridgehead atoms. The van der Waals surface area contributed by atoms with E-state index in [0.29, 0.717) is 10.0 Å². The molecule has 1 rings (SSSR count). The van der Waals surface area contributed by atoms with Gasteiger partial charge in [0.2, 0.25) is 0 Å². The third kappa shape index (κ3) is 3.28. The van der Waals surface area contributed by atoms with Gasteiger partial charge in [0.25, 0.3) is 0 Å². The molecule has 0 saturated carbocycles. The topological polar surface area (TPSA) is 46.5 Å². The standard InChI is InChI=1S/C10H10BrFO3/c1-15-5-7-3-8(11)2-6(10(7)12)4-9(13)14/h2-3H,4-5H2,1H3,(H,13,14). The normalized spacial score (nSPS) is 10.3. The Balaban J connectivity index is 3.09. The number of hydrogen-bond donors (Lipinski definition) is 1. The Bertz CT molecular complexity index is 379. The van der Waals surface area contributed by atoms with Crippen LogP contribution in [0.3, 0.4) is 0 Å². The van der Waals surface area contributed by atoms with E-state index in [4.69, 9.17) is 9.84 Å². The molecule has 5 heteroatoms. The lowest BCUT2D eigenvalue weighted by molar-refractivity contribution is -0.136. The molecule has 0 unspecified atom stereocenters. The zero-order valence-electron chi connectivity index (χ0n) is 8.09. The Morgan fingerprint density at radius 2 is 2.13 bits per heavy atom. The van der Waals surface area contributed by atoms with Crippen molar-refractivity contribution in [3.63, 3.8) is 0 Å². The van der Waals surface area contributed by atoms with Crippen molar-refractivity contribution in [3.05, 3.63) is 33.5 Å². The van der Waals surface area contributed by atoms with Crippen molar-refractivity contribution in [3.8, 4) is 0 Å². The molecule has 1 aromatic carbocycles. The fourth-order valence-electron chi connectivity index (χ4n) is 1.26. The monoisotopic (exact) mass is 276 g/mol. The Hall–Kier alpha value is -0.940. The maximum atomic E-state index is 13.6. The zero-order valence-corrected chi connectivity index (χ0v) is 9.67. The van der Waals surface area contributed by atoms with Gasteiger partial charge in [-0.2, -0.15) is 0 Å². The first-order valence-electron chi connectivity index (χ1n) is 4.22. The van der Waals surface area contributed by atoms with Gasteiger partial charge in [0.15, 0.2) is 0 Å². The molecule has 0 fully saturated rings. The molecular formula is C10H10BrFO3. The second-order valence-electron chi connectivity index (χ2n) is 3.04. The first kappa shape index (κ1) is 12.1. The molecule has 1 N–H and O–H groups in total. The van der Waals surface area contributed by atoms with Gasteiger partial charge in [0, 0.05) is 22.7 Å². The molecule has 0 saturated heterocycles. The van der Waals surface area contributed by atoms with E-state index in [0.717, 1.165) is 0 Å². The molecule has 0 heterocycles. The van der Waals surface area contributed by atoms with Gasteiger partial charge in [0.05, 0.1) is 13.0 Å². The molecule has 0 spiro atoms. The second-order valence-corrected chi connectivity index (χ2v) is 3.96. The minimum atomic E-state index is -1.06. The Morgan fingerprint density at radius 1 is 1.53 bits per heavy atom. The van der Waals surface area contributed by atoms with Gasteiger partial charge in [-0.25, -0.2) is 4.39 Å². The zero-order chi connectivity index (χ0) is 11.4. The summed E-state index contributed by atoms with van der Waals surface area (Å²) in [6, 6.07) is 3.03. The van der Waals surface area contributed by atoms with Gasteiger partial charge in [-0.3, -0.25) is 4.79 Å². The lowest BCUT2D eigenvalue weighted by Gasteiger charge is -2.07. The molecule has 0 aliphatic rings. The van der Waals surface area contributed by atoms with Crippen LogP contribution in [-0.2, 0) is 22.6 Å². The van der Waals surface area contributed by atoms with E-state index < -0.39 is 11.8 Å². The molecule has 15 heavy (non-hydrogen) atoms. The van der Waals surface area contributed by atoms with E-state index >= 15 is 0 Å². The summed E-state index contributed by atoms with van der Waals surface area (Å²) < 4.78 is 19.1. The largest absolute Gasteiger partial charge is 0.481 e. The first-order valence-corrected chi connectivity index (χ1v) is 5.01. The summed E-state index contributed by atoms with van der Waals surface area (Å²) in [5.74, 6) is -1.57. The third-order valence-electron chi connectivity index (χ3n) is 1.83. The van der Waals surface area contributed by atoms with Gasteiger partial charge < -0.3 is 9.84 Å². The molecule has 0 aliphatic heterocycles. The number of carbonyl (C=O) groups is 1. The number of halogens is 2. The van der Waals surface area contributed by atoms with Crippen LogP contribution in [0.15, 0.2) is 16.6 Å². The molecule has 3 nitrogen and oxygen atoms in total. The summed E-state index contributed by atoms with van der Waals surface area (Å²) in [5, 5.41) is 8.59. The van der Waals surface area contributed by atoms with Crippen LogP contribution in [0.1, 0.15) is 11.1 Å². The summed E-state index contributed by atoms with van der Waals surface area (Å²) in [5.41, 5.74) is 0.507. The summed E-state index contributed by atoms with van der Waals surface area (Å²) in [6.45, 7) is 0.123. The van der Waals surface area contributed by atoms with Crippen LogP contribution in [-0.4, -0.2) is 18.2 Å². The number of methoxy groups -OCH3 is 1. The minimum absolute atomic E-state index is 0.123. The van der Waals surface area contributed by atoms with E-state index in [2.05, 4.69) is 15.9 Å². The number of rotatable bonds is 4. The van der Waals surface area contributed by atoms with Crippen LogP contribution >= 0.6 is 15.9 Å². The molecular weight excluding hydrogens is 267 g/mol. The quantitative estimate of drug-likeness (QED) is 0.919. The first-order chi connectivity index (χ1) is 7.04. The van der Waals surface area contributed by atoms with Crippen molar-refractivity contribution in [2.24, 2.45) is 0 Å². The molecule has 1 aromatic rings. The number of carboxylic acids is 1. The van der Waals surface area contributed by atoms with Gasteiger partial charge in [-0.15, -0.1) is 0 Å². The van der Waals surface area contributed by atoms with E-state index in [-0.39, 0.29) is 18.6 Å². The minimum Gasteiger partial charge on any atom is -0.481 e. The van der Waals surface area contributed by atoms with Gasteiger partial charge in [0.1, 0.15) is 5.82 Å². The predicted octanol–water partition coefficient (Wildman–Crippen LogP) is 2.36. The number of benzene rings is 1. The summed E-state index contributed by atoms with van der Waals surface area (Å²) in [7, 11) is 1.46. The van der Waals surface area contributed by atoms with Gasteiger partial charge in [-0.1, -0.05) is 15.9 Å². The maximum Gasteiger partial charge on any atom is 0.307 e. The Labute approximate surface area is 95.0 Å². The molecule has 0 atom stereocenters. The van der Waals surface area contributed by atoms with Crippen molar-refractivity contribution < 1.29 is 19.0 Å². The average molecular weight is 277 g/mol. The fraction of sp³-hybridized carbons (Fsp3) is 0.300. The summed E-state index contributed by atoms with van der Waals surface area (Å²) in [6.07, 6.45) is -0.331. The van der Waals surface area contributed by atoms with E-state index in [1.807, 2.05) is 0 Å². The van der Waals surface area contributed by atoms with Crippen LogP contribution < -0.4 is 0 Å². The van der Waals surface area contributed by atoms with Crippen LogP contribution in [0, 0.1) is 5.82 Å². The van der Waals surface area contributed by atoms with Crippen molar-refractivity contribution in [1.82, 2.24) is 0 Å². The highest BCUT2D eigenvalue weighted by atomic mass is 79.9. The fourth-order valence-corrected chi connectivity index (χ4v) is 1.81. The Kier molecular flexibility index (Phi) is 4.23. The summed E-state index contributed by atoms with van der Waals surface area (Å²) in [4.78, 5) is 10.5. The third-order valence-corrected chi connectivity index (χ3v) is 2.29. The van der Waals surface area contributed by atoms with Crippen LogP contribution in [0.5, 0.6) is 0 Å². The van der Waals surface area contributed by atoms with Gasteiger partial charge in [-0.05, 0) is 12.1 Å². The number of hydrogen-bond acceptors (Lipinski definition) is 2. The SMILES string of the molecule is COCc1cc(Br)cc(CC(=O)O)c1F. The van der Waals surface area contributed by atoms with E-state index in [1.54, 1.807) is 6.07 Å². The highest BCUT2D eigenvalue weighted by molar-refractivity contribution is 9.10. The van der Waals surface area contributed by atoms with E-state index in [9.17, 15) is 9.18 Å². The predicted molar refractivity (Wildman–Crippen MR) is 56.2 cm³/mol. The average Bonchev–Trinajstić information content (AvgIpc) is 2.12. The molecule has 0 aromatic heterocycles. The van der Waals surface area contributed by atoms with Crippen LogP contribution in [0.25, 0.3) is 0 Å². The number of aliphatic carboxylic acids is 1. The molecule has 0 aliphatic carbocycles. The lowest BCUT2D eigenvalue weighted by atomic mass is 10.1. The number of carboxylic acid groups (broad SMARTS) is 1. The van der Waals surface area contributed by atoms with Crippen molar-refractivity contribution in [1.29, 1.82) is 0 Å². The highest BCUT2D eigenvalue weighted by Gasteiger charge is 2.12. The van der Waals surface area contributed by atoms with Crippen LogP contribution in [0.4, 0.5) is 4.39 Å². The number of ether oxygens (including phenoxy) is 1. The van der Waals surface area contributed by atoms with Gasteiger partial charge >= 0.3 is 5.97 Å². The lowest BCUT2D eigenvalue weighted by Crippen LogP contribution is -2.05. The molecule has 82 valence electrons. The maximum absolute atomic E-state index is 13.6. The molecule has 0 radical (unpaired) electrons. The van der Waals surface area contributed by atoms with Crippen molar-refractivity contribution in [2.45, 2.75) is 13.0 Å². The van der Waals surface area contributed by atoms with Crippen molar-refractivity contribution in [2.75, 3.05) is 7.11 Å². The van der Waals surface area contributed by atoms with Crippen LogP contribution in [0.2, 0.25) is 0 Å². The van der Waals surface area contributed by atoms with E-state index in [1.165, 1.54) is 13.2 Å². The Morgan fingerprint density at radius 3 is 2.67 bits per heavy atom. The highest BCUT2D eigenvalue weighted by Crippen LogP contribution is 2.21. The smallest absolute Gasteiger partial charge is 0.307 e. The second kappa shape index (κ2) is 5.23. The summed E-state index contributed by atoms with van der Waals surface area (Å²) >= 11 is 3.19.